The molecular weight excluding hydrogens is 300 g/mol. The second kappa shape index (κ2) is 6.47. The smallest absolute Gasteiger partial charge is 0.253 e. The Morgan fingerprint density at radius 3 is 2.36 bits per heavy atom. The van der Waals surface area contributed by atoms with Crippen molar-refractivity contribution in [3.63, 3.8) is 0 Å². The third kappa shape index (κ3) is 3.23. The Morgan fingerprint density at radius 1 is 1.14 bits per heavy atom. The molecule has 4 rings (SSSR count). The summed E-state index contributed by atoms with van der Waals surface area (Å²) >= 11 is 0. The lowest BCUT2D eigenvalue weighted by atomic mass is 10.0. The molecule has 0 radical (unpaired) electrons. The molecule has 1 aliphatic carbocycles. The standard InChI is InChI=1S/C17H22N2O2.ClH/c20-17(19-9-14-7-18-8-15(14)10-19)13-3-5-16(6-4-13)21-11-12-1-2-12;/h3-6,12,14-15,18H,1-2,7-11H2;1H/t14-,15+;. The normalized spacial score (nSPS) is 26.5. The molecule has 3 fully saturated rings. The minimum atomic E-state index is 0. The minimum Gasteiger partial charge on any atom is -0.493 e. The van der Waals surface area contributed by atoms with Crippen molar-refractivity contribution in [3.05, 3.63) is 29.8 Å². The van der Waals surface area contributed by atoms with E-state index in [0.717, 1.165) is 50.0 Å². The van der Waals surface area contributed by atoms with Crippen LogP contribution in [0.5, 0.6) is 5.75 Å². The highest BCUT2D eigenvalue weighted by Crippen LogP contribution is 2.30. The first-order chi connectivity index (χ1) is 10.3. The van der Waals surface area contributed by atoms with Gasteiger partial charge in [0, 0.05) is 31.7 Å². The maximum absolute atomic E-state index is 12.5. The van der Waals surface area contributed by atoms with E-state index < -0.39 is 0 Å². The first kappa shape index (κ1) is 15.6. The Bertz CT molecular complexity index is 518. The van der Waals surface area contributed by atoms with E-state index in [4.69, 9.17) is 4.74 Å². The molecule has 2 saturated heterocycles. The number of rotatable bonds is 4. The molecular formula is C17H23ClN2O2. The number of halogens is 1. The Labute approximate surface area is 137 Å². The number of amides is 1. The van der Waals surface area contributed by atoms with Gasteiger partial charge in [-0.2, -0.15) is 0 Å². The molecule has 1 N–H and O–H groups in total. The maximum atomic E-state index is 12.5. The van der Waals surface area contributed by atoms with Gasteiger partial charge in [-0.05, 0) is 54.9 Å². The lowest BCUT2D eigenvalue weighted by Crippen LogP contribution is -2.31. The van der Waals surface area contributed by atoms with Crippen LogP contribution in [0.4, 0.5) is 0 Å². The Balaban J connectivity index is 0.00000144. The van der Waals surface area contributed by atoms with Crippen LogP contribution in [0.2, 0.25) is 0 Å². The van der Waals surface area contributed by atoms with Gasteiger partial charge in [-0.25, -0.2) is 0 Å². The van der Waals surface area contributed by atoms with Crippen LogP contribution < -0.4 is 10.1 Å². The molecule has 120 valence electrons. The number of nitrogens with zero attached hydrogens (tertiary/aromatic N) is 1. The highest BCUT2D eigenvalue weighted by atomic mass is 35.5. The number of fused-ring (bicyclic) bond motifs is 1. The molecule has 1 saturated carbocycles. The van der Waals surface area contributed by atoms with E-state index in [9.17, 15) is 4.79 Å². The summed E-state index contributed by atoms with van der Waals surface area (Å²) in [6.45, 7) is 4.73. The molecule has 3 aliphatic rings. The fourth-order valence-electron chi connectivity index (χ4n) is 3.40. The summed E-state index contributed by atoms with van der Waals surface area (Å²) in [5.74, 6) is 3.09. The maximum Gasteiger partial charge on any atom is 0.253 e. The Morgan fingerprint density at radius 2 is 1.77 bits per heavy atom. The monoisotopic (exact) mass is 322 g/mol. The summed E-state index contributed by atoms with van der Waals surface area (Å²) in [6, 6.07) is 7.65. The summed E-state index contributed by atoms with van der Waals surface area (Å²) in [4.78, 5) is 14.5. The van der Waals surface area contributed by atoms with Crippen molar-refractivity contribution in [1.82, 2.24) is 10.2 Å². The second-order valence-corrected chi connectivity index (χ2v) is 6.67. The van der Waals surface area contributed by atoms with Gasteiger partial charge in [-0.1, -0.05) is 0 Å². The van der Waals surface area contributed by atoms with Crippen LogP contribution in [0.3, 0.4) is 0 Å². The second-order valence-electron chi connectivity index (χ2n) is 6.67. The molecule has 5 heteroatoms. The molecule has 2 aliphatic heterocycles. The van der Waals surface area contributed by atoms with Crippen LogP contribution in [0.1, 0.15) is 23.2 Å². The predicted molar refractivity (Wildman–Crippen MR) is 87.7 cm³/mol. The number of carbonyl (C=O) groups is 1. The zero-order valence-electron chi connectivity index (χ0n) is 12.7. The van der Waals surface area contributed by atoms with Crippen LogP contribution in [0.25, 0.3) is 0 Å². The van der Waals surface area contributed by atoms with Crippen LogP contribution in [0, 0.1) is 17.8 Å². The van der Waals surface area contributed by atoms with E-state index in [1.807, 2.05) is 29.2 Å². The zero-order chi connectivity index (χ0) is 14.2. The predicted octanol–water partition coefficient (Wildman–Crippen LogP) is 2.19. The molecule has 22 heavy (non-hydrogen) atoms. The minimum absolute atomic E-state index is 0. The first-order valence-electron chi connectivity index (χ1n) is 8.02. The molecule has 0 aromatic heterocycles. The number of likely N-dealkylation sites (tertiary alicyclic amines) is 1. The number of nitrogens with one attached hydrogen (secondary N) is 1. The average Bonchev–Trinajstić information content (AvgIpc) is 3.09. The molecule has 2 heterocycles. The third-order valence-corrected chi connectivity index (χ3v) is 4.96. The van der Waals surface area contributed by atoms with Gasteiger partial charge >= 0.3 is 0 Å². The largest absolute Gasteiger partial charge is 0.493 e. The number of ether oxygens (including phenoxy) is 1. The van der Waals surface area contributed by atoms with E-state index in [1.165, 1.54) is 12.8 Å². The summed E-state index contributed by atoms with van der Waals surface area (Å²) in [7, 11) is 0. The fraction of sp³-hybridized carbons (Fsp3) is 0.588. The van der Waals surface area contributed by atoms with E-state index in [0.29, 0.717) is 11.8 Å². The first-order valence-corrected chi connectivity index (χ1v) is 8.02. The van der Waals surface area contributed by atoms with E-state index in [-0.39, 0.29) is 18.3 Å². The molecule has 1 amide bonds. The summed E-state index contributed by atoms with van der Waals surface area (Å²) in [6.07, 6.45) is 2.59. The van der Waals surface area contributed by atoms with Crippen molar-refractivity contribution in [1.29, 1.82) is 0 Å². The van der Waals surface area contributed by atoms with Gasteiger partial charge in [-0.15, -0.1) is 12.4 Å². The SMILES string of the molecule is Cl.O=C(c1ccc(OCC2CC2)cc1)N1C[C@H]2CNC[C@H]2C1. The summed E-state index contributed by atoms with van der Waals surface area (Å²) in [5.41, 5.74) is 0.779. The quantitative estimate of drug-likeness (QED) is 0.924. The molecule has 0 unspecified atom stereocenters. The van der Waals surface area contributed by atoms with Gasteiger partial charge in [0.25, 0.3) is 5.91 Å². The highest BCUT2D eigenvalue weighted by Gasteiger charge is 2.38. The van der Waals surface area contributed by atoms with Crippen molar-refractivity contribution in [2.45, 2.75) is 12.8 Å². The van der Waals surface area contributed by atoms with Crippen molar-refractivity contribution >= 4 is 18.3 Å². The van der Waals surface area contributed by atoms with Crippen molar-refractivity contribution in [3.8, 4) is 5.75 Å². The topological polar surface area (TPSA) is 41.6 Å². The summed E-state index contributed by atoms with van der Waals surface area (Å²) in [5, 5.41) is 3.40. The number of hydrogen-bond acceptors (Lipinski definition) is 3. The van der Waals surface area contributed by atoms with Gasteiger partial charge < -0.3 is 15.0 Å². The Kier molecular flexibility index (Phi) is 4.59. The molecule has 1 aromatic carbocycles. The average molecular weight is 323 g/mol. The zero-order valence-corrected chi connectivity index (χ0v) is 13.5. The van der Waals surface area contributed by atoms with E-state index >= 15 is 0 Å². The van der Waals surface area contributed by atoms with Crippen molar-refractivity contribution < 1.29 is 9.53 Å². The fourth-order valence-corrected chi connectivity index (χ4v) is 3.40. The van der Waals surface area contributed by atoms with Crippen LogP contribution in [-0.4, -0.2) is 43.6 Å². The molecule has 2 atom stereocenters. The summed E-state index contributed by atoms with van der Waals surface area (Å²) < 4.78 is 5.72. The third-order valence-electron chi connectivity index (χ3n) is 4.96. The number of hydrogen-bond donors (Lipinski definition) is 1. The lowest BCUT2D eigenvalue weighted by molar-refractivity contribution is 0.0781. The Hall–Kier alpha value is -1.26. The van der Waals surface area contributed by atoms with Crippen LogP contribution in [-0.2, 0) is 0 Å². The van der Waals surface area contributed by atoms with Crippen molar-refractivity contribution in [2.75, 3.05) is 32.8 Å². The van der Waals surface area contributed by atoms with Gasteiger partial charge in [0.1, 0.15) is 5.75 Å². The van der Waals surface area contributed by atoms with Crippen molar-refractivity contribution in [2.24, 2.45) is 17.8 Å². The molecule has 0 spiro atoms. The van der Waals surface area contributed by atoms with Gasteiger partial charge in [0.15, 0.2) is 0 Å². The molecule has 1 aromatic rings. The highest BCUT2D eigenvalue weighted by molar-refractivity contribution is 5.94. The molecule has 4 nitrogen and oxygen atoms in total. The number of benzene rings is 1. The van der Waals surface area contributed by atoms with E-state index in [1.54, 1.807) is 0 Å². The van der Waals surface area contributed by atoms with Gasteiger partial charge in [0.05, 0.1) is 6.61 Å². The molecule has 0 bridgehead atoms. The number of carbonyl (C=O) groups excluding carboxylic acids is 1. The van der Waals surface area contributed by atoms with E-state index in [2.05, 4.69) is 5.32 Å². The van der Waals surface area contributed by atoms with Gasteiger partial charge in [0.2, 0.25) is 0 Å². The lowest BCUT2D eigenvalue weighted by Gasteiger charge is -2.17. The van der Waals surface area contributed by atoms with Gasteiger partial charge in [-0.3, -0.25) is 4.79 Å². The van der Waals surface area contributed by atoms with Crippen LogP contribution >= 0.6 is 12.4 Å². The van der Waals surface area contributed by atoms with Crippen LogP contribution in [0.15, 0.2) is 24.3 Å².